The first kappa shape index (κ1) is 17.5. The number of fused-ring (bicyclic) bond motifs is 1. The zero-order valence-electron chi connectivity index (χ0n) is 14.8. The van der Waals surface area contributed by atoms with Gasteiger partial charge in [0.25, 0.3) is 0 Å². The Kier molecular flexibility index (Phi) is 4.98. The second-order valence-electron chi connectivity index (χ2n) is 6.85. The fourth-order valence-corrected chi connectivity index (χ4v) is 5.07. The van der Waals surface area contributed by atoms with E-state index in [1.165, 1.54) is 5.56 Å². The number of ether oxygens (including phenoxy) is 1. The van der Waals surface area contributed by atoms with Gasteiger partial charge in [-0.1, -0.05) is 30.3 Å². The second kappa shape index (κ2) is 7.39. The zero-order valence-corrected chi connectivity index (χ0v) is 15.6. The third-order valence-electron chi connectivity index (χ3n) is 5.19. The molecular weight excluding hydrogens is 348 g/mol. The molecule has 1 fully saturated rings. The van der Waals surface area contributed by atoms with E-state index in [0.717, 1.165) is 43.8 Å². The largest absolute Gasteiger partial charge is 0.493 e. The number of nitrogens with zero attached hydrogens (tertiary/aromatic N) is 2. The molecule has 0 amide bonds. The number of piperazine rings is 1. The number of hydrogen-bond donors (Lipinski definition) is 0. The highest BCUT2D eigenvalue weighted by Crippen LogP contribution is 2.29. The minimum Gasteiger partial charge on any atom is -0.493 e. The first-order chi connectivity index (χ1) is 12.6. The molecule has 138 valence electrons. The van der Waals surface area contributed by atoms with Gasteiger partial charge >= 0.3 is 0 Å². The molecule has 0 aliphatic carbocycles. The van der Waals surface area contributed by atoms with Crippen LogP contribution in [0.15, 0.2) is 53.4 Å². The monoisotopic (exact) mass is 372 g/mol. The van der Waals surface area contributed by atoms with Gasteiger partial charge in [-0.2, -0.15) is 4.31 Å². The Morgan fingerprint density at radius 2 is 1.73 bits per heavy atom. The minimum atomic E-state index is -3.42. The summed E-state index contributed by atoms with van der Waals surface area (Å²) in [6.07, 6.45) is 1.78. The van der Waals surface area contributed by atoms with Crippen LogP contribution in [0.3, 0.4) is 0 Å². The van der Waals surface area contributed by atoms with Gasteiger partial charge in [-0.05, 0) is 35.7 Å². The van der Waals surface area contributed by atoms with Gasteiger partial charge < -0.3 is 9.64 Å². The standard InChI is InChI=1S/C20H24N2O3S/c23-26(24,19-6-7-20-18(16-19)9-15-25-20)22-13-11-21(12-14-22)10-8-17-4-2-1-3-5-17/h1-7,16H,8-15H2. The lowest BCUT2D eigenvalue weighted by Gasteiger charge is -2.34. The molecule has 2 heterocycles. The molecule has 0 unspecified atom stereocenters. The molecule has 0 saturated carbocycles. The molecule has 2 aromatic rings. The first-order valence-electron chi connectivity index (χ1n) is 9.15. The van der Waals surface area contributed by atoms with Gasteiger partial charge in [-0.3, -0.25) is 0 Å². The fourth-order valence-electron chi connectivity index (χ4n) is 3.60. The summed E-state index contributed by atoms with van der Waals surface area (Å²) >= 11 is 0. The van der Waals surface area contributed by atoms with Crippen LogP contribution in [0.25, 0.3) is 0 Å². The maximum Gasteiger partial charge on any atom is 0.243 e. The van der Waals surface area contributed by atoms with E-state index in [1.54, 1.807) is 22.5 Å². The molecule has 2 aliphatic heterocycles. The van der Waals surface area contributed by atoms with Crippen LogP contribution in [0.4, 0.5) is 0 Å². The molecule has 0 aromatic heterocycles. The number of benzene rings is 2. The van der Waals surface area contributed by atoms with Gasteiger partial charge in [0.15, 0.2) is 0 Å². The molecule has 5 nitrogen and oxygen atoms in total. The van der Waals surface area contributed by atoms with Crippen molar-refractivity contribution in [1.29, 1.82) is 0 Å². The predicted molar refractivity (Wildman–Crippen MR) is 101 cm³/mol. The molecule has 0 atom stereocenters. The topological polar surface area (TPSA) is 49.9 Å². The van der Waals surface area contributed by atoms with Gasteiger partial charge in [-0.25, -0.2) is 8.42 Å². The van der Waals surface area contributed by atoms with E-state index in [4.69, 9.17) is 4.74 Å². The minimum absolute atomic E-state index is 0.388. The van der Waals surface area contributed by atoms with Crippen LogP contribution in [-0.4, -0.2) is 57.0 Å². The van der Waals surface area contributed by atoms with Crippen molar-refractivity contribution >= 4 is 10.0 Å². The van der Waals surface area contributed by atoms with Crippen LogP contribution in [-0.2, 0) is 22.9 Å². The summed E-state index contributed by atoms with van der Waals surface area (Å²) in [5, 5.41) is 0. The zero-order chi connectivity index (χ0) is 18.0. The molecular formula is C20H24N2O3S. The van der Waals surface area contributed by atoms with Crippen molar-refractivity contribution < 1.29 is 13.2 Å². The van der Waals surface area contributed by atoms with Crippen LogP contribution in [0.5, 0.6) is 5.75 Å². The lowest BCUT2D eigenvalue weighted by molar-refractivity contribution is 0.190. The van der Waals surface area contributed by atoms with Crippen LogP contribution in [0.1, 0.15) is 11.1 Å². The van der Waals surface area contributed by atoms with Crippen molar-refractivity contribution in [1.82, 2.24) is 9.21 Å². The smallest absolute Gasteiger partial charge is 0.243 e. The maximum absolute atomic E-state index is 12.9. The Bertz CT molecular complexity index is 860. The summed E-state index contributed by atoms with van der Waals surface area (Å²) in [7, 11) is -3.42. The molecule has 6 heteroatoms. The third-order valence-corrected chi connectivity index (χ3v) is 7.08. The van der Waals surface area contributed by atoms with E-state index in [-0.39, 0.29) is 0 Å². The van der Waals surface area contributed by atoms with Crippen LogP contribution in [0.2, 0.25) is 0 Å². The highest BCUT2D eigenvalue weighted by molar-refractivity contribution is 7.89. The molecule has 0 N–H and O–H groups in total. The third kappa shape index (κ3) is 3.63. The number of sulfonamides is 1. The van der Waals surface area contributed by atoms with Crippen molar-refractivity contribution in [3.63, 3.8) is 0 Å². The number of rotatable bonds is 5. The normalized spacial score (nSPS) is 18.5. The highest BCUT2D eigenvalue weighted by Gasteiger charge is 2.29. The van der Waals surface area contributed by atoms with Gasteiger partial charge in [0.1, 0.15) is 5.75 Å². The Morgan fingerprint density at radius 1 is 0.962 bits per heavy atom. The summed E-state index contributed by atoms with van der Waals surface area (Å²) in [5.41, 5.74) is 2.32. The molecule has 0 radical (unpaired) electrons. The van der Waals surface area contributed by atoms with E-state index in [9.17, 15) is 8.42 Å². The summed E-state index contributed by atoms with van der Waals surface area (Å²) in [6.45, 7) is 4.25. The van der Waals surface area contributed by atoms with E-state index in [0.29, 0.717) is 24.6 Å². The molecule has 1 saturated heterocycles. The SMILES string of the molecule is O=S(=O)(c1ccc2c(c1)CCO2)N1CCN(CCc2ccccc2)CC1. The molecule has 2 aromatic carbocycles. The van der Waals surface area contributed by atoms with Crippen LogP contribution >= 0.6 is 0 Å². The van der Waals surface area contributed by atoms with Gasteiger partial charge in [0.05, 0.1) is 11.5 Å². The Labute approximate surface area is 155 Å². The van der Waals surface area contributed by atoms with Gasteiger partial charge in [0.2, 0.25) is 10.0 Å². The Balaban J connectivity index is 1.36. The lowest BCUT2D eigenvalue weighted by atomic mass is 10.1. The summed E-state index contributed by atoms with van der Waals surface area (Å²) in [4.78, 5) is 2.73. The molecule has 4 rings (SSSR count). The second-order valence-corrected chi connectivity index (χ2v) is 8.79. The quantitative estimate of drug-likeness (QED) is 0.807. The van der Waals surface area contributed by atoms with E-state index >= 15 is 0 Å². The predicted octanol–water partition coefficient (Wildman–Crippen LogP) is 2.17. The average molecular weight is 372 g/mol. The van der Waals surface area contributed by atoms with Crippen molar-refractivity contribution in [2.75, 3.05) is 39.3 Å². The molecule has 0 bridgehead atoms. The highest BCUT2D eigenvalue weighted by atomic mass is 32.2. The van der Waals surface area contributed by atoms with E-state index in [1.807, 2.05) is 6.07 Å². The Hall–Kier alpha value is -1.89. The molecule has 2 aliphatic rings. The van der Waals surface area contributed by atoms with Crippen LogP contribution < -0.4 is 4.74 Å². The van der Waals surface area contributed by atoms with Crippen molar-refractivity contribution in [3.8, 4) is 5.75 Å². The summed E-state index contributed by atoms with van der Waals surface area (Å²) < 4.78 is 33.0. The summed E-state index contributed by atoms with van der Waals surface area (Å²) in [5.74, 6) is 0.815. The average Bonchev–Trinajstić information content (AvgIpc) is 3.15. The molecule has 0 spiro atoms. The molecule has 26 heavy (non-hydrogen) atoms. The fraction of sp³-hybridized carbons (Fsp3) is 0.400. The Morgan fingerprint density at radius 3 is 2.50 bits per heavy atom. The number of hydrogen-bond acceptors (Lipinski definition) is 4. The van der Waals surface area contributed by atoms with Gasteiger partial charge in [0, 0.05) is 39.1 Å². The lowest BCUT2D eigenvalue weighted by Crippen LogP contribution is -2.49. The van der Waals surface area contributed by atoms with E-state index in [2.05, 4.69) is 29.2 Å². The maximum atomic E-state index is 12.9. The van der Waals surface area contributed by atoms with Crippen molar-refractivity contribution in [2.24, 2.45) is 0 Å². The first-order valence-corrected chi connectivity index (χ1v) is 10.6. The van der Waals surface area contributed by atoms with Gasteiger partial charge in [-0.15, -0.1) is 0 Å². The van der Waals surface area contributed by atoms with Crippen molar-refractivity contribution in [2.45, 2.75) is 17.7 Å². The van der Waals surface area contributed by atoms with Crippen LogP contribution in [0, 0.1) is 0 Å². The van der Waals surface area contributed by atoms with Crippen molar-refractivity contribution in [3.05, 3.63) is 59.7 Å². The summed E-state index contributed by atoms with van der Waals surface area (Å²) in [6, 6.07) is 15.6. The van der Waals surface area contributed by atoms with E-state index < -0.39 is 10.0 Å².